The molecule has 0 aromatic carbocycles. The van der Waals surface area contributed by atoms with Crippen LogP contribution in [-0.2, 0) is 6.42 Å². The Morgan fingerprint density at radius 3 is 3.15 bits per heavy atom. The summed E-state index contributed by atoms with van der Waals surface area (Å²) in [6.45, 7) is 0.681. The summed E-state index contributed by atoms with van der Waals surface area (Å²) >= 11 is 0. The first-order valence-electron chi connectivity index (χ1n) is 4.25. The van der Waals surface area contributed by atoms with Crippen LogP contribution in [0.3, 0.4) is 0 Å². The molecule has 2 heterocycles. The molecule has 0 fully saturated rings. The number of aromatic nitrogens is 4. The van der Waals surface area contributed by atoms with E-state index in [9.17, 15) is 0 Å². The second kappa shape index (κ2) is 3.49. The summed E-state index contributed by atoms with van der Waals surface area (Å²) in [6, 6.07) is 0. The van der Waals surface area contributed by atoms with Crippen LogP contribution in [0.5, 0.6) is 0 Å². The Balaban J connectivity index is 2.35. The quantitative estimate of drug-likeness (QED) is 0.717. The Labute approximate surface area is 75.6 Å². The van der Waals surface area contributed by atoms with Crippen LogP contribution in [0.1, 0.15) is 12.2 Å². The van der Waals surface area contributed by atoms with Gasteiger partial charge in [0.15, 0.2) is 5.65 Å². The summed E-state index contributed by atoms with van der Waals surface area (Å²) in [5, 5.41) is 8.03. The Morgan fingerprint density at radius 2 is 2.31 bits per heavy atom. The fourth-order valence-corrected chi connectivity index (χ4v) is 1.23. The maximum absolute atomic E-state index is 5.42. The van der Waals surface area contributed by atoms with E-state index in [2.05, 4.69) is 15.2 Å². The Kier molecular flexibility index (Phi) is 2.18. The molecule has 0 bridgehead atoms. The van der Waals surface area contributed by atoms with Crippen molar-refractivity contribution in [3.05, 3.63) is 24.4 Å². The van der Waals surface area contributed by atoms with Crippen LogP contribution in [0, 0.1) is 0 Å². The van der Waals surface area contributed by atoms with Gasteiger partial charge in [-0.05, 0) is 13.0 Å². The van der Waals surface area contributed by atoms with Crippen LogP contribution in [0.4, 0.5) is 0 Å². The first-order valence-corrected chi connectivity index (χ1v) is 4.25. The van der Waals surface area contributed by atoms with Crippen LogP contribution < -0.4 is 5.73 Å². The molecule has 2 N–H and O–H groups in total. The number of rotatable bonds is 3. The normalized spacial score (nSPS) is 10.8. The minimum Gasteiger partial charge on any atom is -0.330 e. The van der Waals surface area contributed by atoms with Crippen LogP contribution in [0.15, 0.2) is 18.6 Å². The van der Waals surface area contributed by atoms with Gasteiger partial charge in [0.05, 0.1) is 6.20 Å². The lowest BCUT2D eigenvalue weighted by molar-refractivity contribution is 0.769. The zero-order valence-electron chi connectivity index (χ0n) is 7.22. The molecular weight excluding hydrogens is 166 g/mol. The molecular formula is C8H11N5. The molecule has 0 saturated heterocycles. The predicted molar refractivity (Wildman–Crippen MR) is 48.2 cm³/mol. The van der Waals surface area contributed by atoms with Crippen molar-refractivity contribution in [2.45, 2.75) is 12.8 Å². The van der Waals surface area contributed by atoms with Gasteiger partial charge in [-0.3, -0.25) is 9.38 Å². The molecule has 0 amide bonds. The lowest BCUT2D eigenvalue weighted by Gasteiger charge is -1.96. The fourth-order valence-electron chi connectivity index (χ4n) is 1.23. The summed E-state index contributed by atoms with van der Waals surface area (Å²) < 4.78 is 1.93. The molecule has 0 atom stereocenters. The number of hydrogen-bond donors (Lipinski definition) is 1. The van der Waals surface area contributed by atoms with Gasteiger partial charge in [-0.25, -0.2) is 0 Å². The minimum absolute atomic E-state index is 0.681. The van der Waals surface area contributed by atoms with Gasteiger partial charge < -0.3 is 5.73 Å². The summed E-state index contributed by atoms with van der Waals surface area (Å²) in [5.41, 5.74) is 6.21. The predicted octanol–water partition coefficient (Wildman–Crippen LogP) is 0.0156. The Morgan fingerprint density at radius 1 is 1.38 bits per heavy atom. The highest BCUT2D eigenvalue weighted by Crippen LogP contribution is 2.02. The van der Waals surface area contributed by atoms with Crippen molar-refractivity contribution in [1.29, 1.82) is 0 Å². The molecule has 5 heteroatoms. The van der Waals surface area contributed by atoms with Crippen molar-refractivity contribution >= 4 is 5.65 Å². The van der Waals surface area contributed by atoms with Crippen molar-refractivity contribution in [1.82, 2.24) is 19.6 Å². The van der Waals surface area contributed by atoms with E-state index in [1.54, 1.807) is 12.4 Å². The minimum atomic E-state index is 0.681. The molecule has 0 radical (unpaired) electrons. The molecule has 2 aromatic rings. The van der Waals surface area contributed by atoms with Gasteiger partial charge in [-0.2, -0.15) is 0 Å². The van der Waals surface area contributed by atoms with Gasteiger partial charge >= 0.3 is 0 Å². The summed E-state index contributed by atoms with van der Waals surface area (Å²) in [5.74, 6) is 0.947. The van der Waals surface area contributed by atoms with Crippen molar-refractivity contribution in [2.24, 2.45) is 5.73 Å². The summed E-state index contributed by atoms with van der Waals surface area (Å²) in [4.78, 5) is 3.96. The van der Waals surface area contributed by atoms with Gasteiger partial charge in [0, 0.05) is 18.8 Å². The SMILES string of the molecule is NCCCc1nnc2cnccn12. The van der Waals surface area contributed by atoms with Gasteiger partial charge in [0.2, 0.25) is 0 Å². The first-order chi connectivity index (χ1) is 6.42. The van der Waals surface area contributed by atoms with E-state index in [1.165, 1.54) is 0 Å². The molecule has 5 nitrogen and oxygen atoms in total. The number of hydrogen-bond acceptors (Lipinski definition) is 4. The Bertz CT molecular complexity index is 394. The van der Waals surface area contributed by atoms with Crippen molar-refractivity contribution in [3.63, 3.8) is 0 Å². The standard InChI is InChI=1S/C8H11N5/c9-3-1-2-7-11-12-8-6-10-4-5-13(7)8/h4-6H,1-3,9H2. The van der Waals surface area contributed by atoms with Gasteiger partial charge in [0.25, 0.3) is 0 Å². The van der Waals surface area contributed by atoms with E-state index in [4.69, 9.17) is 5.73 Å². The molecule has 0 saturated carbocycles. The van der Waals surface area contributed by atoms with Crippen LogP contribution in [0.25, 0.3) is 5.65 Å². The molecule has 2 aromatic heterocycles. The fraction of sp³-hybridized carbons (Fsp3) is 0.375. The van der Waals surface area contributed by atoms with Crippen LogP contribution >= 0.6 is 0 Å². The van der Waals surface area contributed by atoms with Crippen LogP contribution in [0.2, 0.25) is 0 Å². The molecule has 2 rings (SSSR count). The highest BCUT2D eigenvalue weighted by atomic mass is 15.2. The molecule has 0 unspecified atom stereocenters. The number of aryl methyl sites for hydroxylation is 1. The summed E-state index contributed by atoms with van der Waals surface area (Å²) in [7, 11) is 0. The second-order valence-corrected chi connectivity index (χ2v) is 2.81. The molecule has 13 heavy (non-hydrogen) atoms. The second-order valence-electron chi connectivity index (χ2n) is 2.81. The maximum Gasteiger partial charge on any atom is 0.179 e. The molecule has 0 aliphatic rings. The van der Waals surface area contributed by atoms with E-state index in [0.29, 0.717) is 6.54 Å². The third-order valence-corrected chi connectivity index (χ3v) is 1.89. The largest absolute Gasteiger partial charge is 0.330 e. The van der Waals surface area contributed by atoms with E-state index >= 15 is 0 Å². The van der Waals surface area contributed by atoms with Crippen molar-refractivity contribution < 1.29 is 0 Å². The molecule has 0 spiro atoms. The van der Waals surface area contributed by atoms with Crippen molar-refractivity contribution in [2.75, 3.05) is 6.54 Å². The maximum atomic E-state index is 5.42. The number of nitrogens with zero attached hydrogens (tertiary/aromatic N) is 4. The zero-order chi connectivity index (χ0) is 9.10. The third-order valence-electron chi connectivity index (χ3n) is 1.89. The third kappa shape index (κ3) is 1.50. The molecule has 0 aliphatic heterocycles. The number of nitrogens with two attached hydrogens (primary N) is 1. The topological polar surface area (TPSA) is 69.1 Å². The van der Waals surface area contributed by atoms with Crippen molar-refractivity contribution in [3.8, 4) is 0 Å². The zero-order valence-corrected chi connectivity index (χ0v) is 7.22. The van der Waals surface area contributed by atoms with Gasteiger partial charge in [0.1, 0.15) is 5.82 Å². The molecule has 0 aliphatic carbocycles. The highest BCUT2D eigenvalue weighted by Gasteiger charge is 2.02. The smallest absolute Gasteiger partial charge is 0.179 e. The van der Waals surface area contributed by atoms with E-state index in [0.717, 1.165) is 24.3 Å². The summed E-state index contributed by atoms with van der Waals surface area (Å²) in [6.07, 6.45) is 7.08. The first kappa shape index (κ1) is 8.12. The average molecular weight is 177 g/mol. The Hall–Kier alpha value is -1.49. The monoisotopic (exact) mass is 177 g/mol. The van der Waals surface area contributed by atoms with E-state index in [-0.39, 0.29) is 0 Å². The van der Waals surface area contributed by atoms with Gasteiger partial charge in [-0.1, -0.05) is 0 Å². The van der Waals surface area contributed by atoms with E-state index < -0.39 is 0 Å². The highest BCUT2D eigenvalue weighted by molar-refractivity contribution is 5.33. The van der Waals surface area contributed by atoms with Crippen LogP contribution in [-0.4, -0.2) is 26.1 Å². The molecule has 68 valence electrons. The van der Waals surface area contributed by atoms with Gasteiger partial charge in [-0.15, -0.1) is 10.2 Å². The number of fused-ring (bicyclic) bond motifs is 1. The van der Waals surface area contributed by atoms with E-state index in [1.807, 2.05) is 10.6 Å². The lowest BCUT2D eigenvalue weighted by atomic mass is 10.3. The average Bonchev–Trinajstić information content (AvgIpc) is 2.58. The lowest BCUT2D eigenvalue weighted by Crippen LogP contribution is -2.03.